The van der Waals surface area contributed by atoms with E-state index < -0.39 is 200 Å². The van der Waals surface area contributed by atoms with E-state index in [0.717, 1.165) is 0 Å². The van der Waals surface area contributed by atoms with Gasteiger partial charge in [-0.25, -0.2) is 4.89 Å². The molecule has 4 aliphatic heterocycles. The number of aliphatic hydroxyl groups excluding tert-OH is 15. The Morgan fingerprint density at radius 1 is 0.577 bits per heavy atom. The lowest BCUT2D eigenvalue weighted by atomic mass is 9.35. The highest BCUT2D eigenvalue weighted by molar-refractivity contribution is 5.22. The van der Waals surface area contributed by atoms with Crippen LogP contribution in [0.15, 0.2) is 12.2 Å². The molecule has 16 N–H and O–H groups in total. The average Bonchev–Trinajstić information content (AvgIpc) is 3.88. The van der Waals surface area contributed by atoms with Crippen molar-refractivity contribution in [2.45, 2.75) is 247 Å². The number of hydrogen-bond donors (Lipinski definition) is 16. The number of ether oxygens (including phenoxy) is 8. The topological polar surface area (TPSA) is 407 Å². The van der Waals surface area contributed by atoms with Crippen LogP contribution in [0.2, 0.25) is 0 Å². The molecule has 0 amide bonds. The van der Waals surface area contributed by atoms with Crippen molar-refractivity contribution in [2.75, 3.05) is 26.4 Å². The fraction of sp³-hybridized carbons (Fsp3) is 0.962. The number of hydrogen-bond acceptors (Lipinski definition) is 25. The van der Waals surface area contributed by atoms with Gasteiger partial charge in [0.1, 0.15) is 97.2 Å². The lowest BCUT2D eigenvalue weighted by Crippen LogP contribution is -2.70. The van der Waals surface area contributed by atoms with E-state index >= 15 is 0 Å². The van der Waals surface area contributed by atoms with E-state index in [1.165, 1.54) is 0 Å². The summed E-state index contributed by atoms with van der Waals surface area (Å²) >= 11 is 0. The summed E-state index contributed by atoms with van der Waals surface area (Å²) in [5, 5.41) is 174. The monoisotopic (exact) mass is 1130 g/mol. The molecule has 8 fully saturated rings. The van der Waals surface area contributed by atoms with Crippen LogP contribution in [0.5, 0.6) is 0 Å². The van der Waals surface area contributed by atoms with Crippen molar-refractivity contribution < 1.29 is 125 Å². The van der Waals surface area contributed by atoms with Crippen LogP contribution < -0.4 is 0 Å². The number of fused-ring (bicyclic) bond motifs is 5. The molecule has 0 aromatic rings. The third-order valence-corrected chi connectivity index (χ3v) is 20.5. The van der Waals surface area contributed by atoms with Gasteiger partial charge in [-0.1, -0.05) is 46.8 Å². The van der Waals surface area contributed by atoms with Gasteiger partial charge in [0.25, 0.3) is 0 Å². The van der Waals surface area contributed by atoms with E-state index in [2.05, 4.69) is 20.8 Å². The van der Waals surface area contributed by atoms with Crippen LogP contribution in [0.4, 0.5) is 0 Å². The van der Waals surface area contributed by atoms with Crippen molar-refractivity contribution in [1.29, 1.82) is 0 Å². The van der Waals surface area contributed by atoms with Crippen LogP contribution in [0.1, 0.15) is 100 Å². The van der Waals surface area contributed by atoms with Gasteiger partial charge in [0.2, 0.25) is 0 Å². The predicted molar refractivity (Wildman–Crippen MR) is 264 cm³/mol. The van der Waals surface area contributed by atoms with E-state index in [1.807, 2.05) is 20.8 Å². The van der Waals surface area contributed by atoms with Crippen molar-refractivity contribution in [3.05, 3.63) is 12.2 Å². The van der Waals surface area contributed by atoms with Gasteiger partial charge in [-0.2, -0.15) is 0 Å². The Morgan fingerprint density at radius 3 is 1.77 bits per heavy atom. The van der Waals surface area contributed by atoms with Crippen LogP contribution >= 0.6 is 0 Å². The summed E-state index contributed by atoms with van der Waals surface area (Å²) in [6.07, 6.45) is -27.6. The molecule has 8 aliphatic rings. The maximum atomic E-state index is 12.8. The van der Waals surface area contributed by atoms with Gasteiger partial charge in [0.15, 0.2) is 25.2 Å². The maximum absolute atomic E-state index is 12.8. The van der Waals surface area contributed by atoms with Crippen molar-refractivity contribution in [3.63, 3.8) is 0 Å². The van der Waals surface area contributed by atoms with Gasteiger partial charge < -0.3 is 114 Å². The van der Waals surface area contributed by atoms with E-state index in [9.17, 15) is 81.9 Å². The Morgan fingerprint density at radius 2 is 1.14 bits per heavy atom. The van der Waals surface area contributed by atoms with E-state index in [4.69, 9.17) is 42.8 Å². The van der Waals surface area contributed by atoms with Crippen molar-refractivity contribution in [3.8, 4) is 0 Å². The molecule has 30 atom stereocenters. The first-order valence-corrected chi connectivity index (χ1v) is 27.6. The minimum atomic E-state index is -1.88. The van der Waals surface area contributed by atoms with Gasteiger partial charge >= 0.3 is 0 Å². The highest BCUT2D eigenvalue weighted by Gasteiger charge is 2.73. The molecule has 2 unspecified atom stereocenters. The zero-order chi connectivity index (χ0) is 57.6. The molecule has 0 bridgehead atoms. The third-order valence-electron chi connectivity index (χ3n) is 20.5. The Hall–Kier alpha value is -1.26. The Bertz CT molecular complexity index is 2040. The molecule has 0 aromatic heterocycles. The smallest absolute Gasteiger partial charge is 0.187 e. The molecular formula is C53H90O25. The molecular weight excluding hydrogens is 1040 g/mol. The van der Waals surface area contributed by atoms with E-state index in [-0.39, 0.29) is 31.3 Å². The highest BCUT2D eigenvalue weighted by Crippen LogP contribution is 2.76. The predicted octanol–water partition coefficient (Wildman–Crippen LogP) is -3.12. The molecule has 25 heteroatoms. The fourth-order valence-corrected chi connectivity index (χ4v) is 16.1. The van der Waals surface area contributed by atoms with Crippen LogP contribution in [-0.2, 0) is 42.8 Å². The first-order chi connectivity index (χ1) is 36.4. The summed E-state index contributed by atoms with van der Waals surface area (Å²) in [5.41, 5.74) is -4.94. The van der Waals surface area contributed by atoms with E-state index in [0.29, 0.717) is 32.1 Å². The molecule has 0 spiro atoms. The van der Waals surface area contributed by atoms with Crippen LogP contribution in [-0.4, -0.2) is 255 Å². The Labute approximate surface area is 454 Å². The van der Waals surface area contributed by atoms with Gasteiger partial charge in [0.05, 0.1) is 50.3 Å². The summed E-state index contributed by atoms with van der Waals surface area (Å²) in [4.78, 5) is 4.69. The molecule has 25 nitrogen and oxygen atoms in total. The Balaban J connectivity index is 1.04. The van der Waals surface area contributed by atoms with Gasteiger partial charge in [0, 0.05) is 0 Å². The van der Waals surface area contributed by atoms with Crippen molar-refractivity contribution in [1.82, 2.24) is 0 Å². The summed E-state index contributed by atoms with van der Waals surface area (Å²) < 4.78 is 48.3. The minimum absolute atomic E-state index is 0.133. The lowest BCUT2D eigenvalue weighted by molar-refractivity contribution is -0.383. The SMILES string of the molecule is CC(C)(/C=C/C[C@](C)(O[C@@H]1O[C@H](CO[C@@H]2OC[C@@H](O)[C@H](O)[C@H]2O)[C@@H](O)[C@H](O)[C@H]1O)[C@H]1CC[C@]2(C)[C@@H]1[C@H](O)CC1[C@@]3(C)C[C@@H](O)[C@H](O[C@@H]4O[C@H](CO)[C@@H](O)[C@H](O)[C@H]4O[C@@H]4O[C@H](CO)[C@@H](O)[C@H](O)[C@H]4O)C(C)(C)C3CC[C@]12C)OO. The van der Waals surface area contributed by atoms with Crippen LogP contribution in [0.25, 0.3) is 0 Å². The molecule has 0 radical (unpaired) electrons. The maximum Gasteiger partial charge on any atom is 0.187 e. The molecule has 8 rings (SSSR count). The Kier molecular flexibility index (Phi) is 18.8. The number of aliphatic hydroxyl groups is 15. The van der Waals surface area contributed by atoms with Crippen molar-refractivity contribution in [2.24, 2.45) is 45.3 Å². The van der Waals surface area contributed by atoms with Gasteiger partial charge in [-0.3, -0.25) is 5.26 Å². The van der Waals surface area contributed by atoms with Crippen LogP contribution in [0, 0.1) is 45.3 Å². The second kappa shape index (κ2) is 23.3. The molecule has 4 saturated heterocycles. The second-order valence-electron chi connectivity index (χ2n) is 25.9. The summed E-state index contributed by atoms with van der Waals surface area (Å²) in [6.45, 7) is 13.3. The van der Waals surface area contributed by atoms with Crippen molar-refractivity contribution >= 4 is 0 Å². The summed E-state index contributed by atoms with van der Waals surface area (Å²) in [7, 11) is 0. The molecule has 4 aliphatic carbocycles. The normalized spacial score (nSPS) is 52.6. The minimum Gasteiger partial charge on any atom is -0.394 e. The lowest BCUT2D eigenvalue weighted by Gasteiger charge is -2.71. The molecule has 4 heterocycles. The zero-order valence-electron chi connectivity index (χ0n) is 45.8. The largest absolute Gasteiger partial charge is 0.394 e. The highest BCUT2D eigenvalue weighted by atomic mass is 17.1. The van der Waals surface area contributed by atoms with Gasteiger partial charge in [-0.05, 0) is 111 Å². The first kappa shape index (κ1) is 62.8. The zero-order valence-corrected chi connectivity index (χ0v) is 45.8. The molecule has 78 heavy (non-hydrogen) atoms. The summed E-state index contributed by atoms with van der Waals surface area (Å²) in [6, 6.07) is 0. The second-order valence-corrected chi connectivity index (χ2v) is 25.9. The van der Waals surface area contributed by atoms with E-state index in [1.54, 1.807) is 26.0 Å². The average molecular weight is 1130 g/mol. The molecule has 0 aromatic carbocycles. The number of rotatable bonds is 16. The fourth-order valence-electron chi connectivity index (χ4n) is 16.1. The first-order valence-electron chi connectivity index (χ1n) is 27.6. The summed E-state index contributed by atoms with van der Waals surface area (Å²) in [5.74, 6) is -1.20. The van der Waals surface area contributed by atoms with Crippen LogP contribution in [0.3, 0.4) is 0 Å². The molecule has 452 valence electrons. The van der Waals surface area contributed by atoms with Gasteiger partial charge in [-0.15, -0.1) is 0 Å². The quantitative estimate of drug-likeness (QED) is 0.0315. The third kappa shape index (κ3) is 10.9. The standard InChI is InChI=1S/C53H90O25/c1-48(2,78-69)12-9-13-53(8,77-46-41(68)37(64)35(62)28(74-46)21-71-44-39(66)32(59)25(58)20-70-44)22-10-14-52(7)31(22)23(56)16-30-50(5)17-24(57)43(49(3,4)29(50)11-15-51(30,52)6)76-47-42(38(65)34(61)27(19-55)73-47)75-45-40(67)36(63)33(60)26(18-54)72-45/h9,12,22-47,54-69H,10-11,13-21H2,1-8H3/b12-9+/t22-,23+,24+,25+,26+,27+,28+,29?,30?,31-,32-,33+,34+,35+,36-,37-,38-,39+,40+,41+,42+,43-,44-,45-,46-,47-,50-,51+,52+,53-/m0/s1. The molecule has 4 saturated carbocycles.